The van der Waals surface area contributed by atoms with Crippen LogP contribution < -0.4 is 0 Å². The predicted molar refractivity (Wildman–Crippen MR) is 86.0 cm³/mol. The maximum atomic E-state index is 2.80. The van der Waals surface area contributed by atoms with Crippen molar-refractivity contribution in [2.45, 2.75) is 63.8 Å². The van der Waals surface area contributed by atoms with Crippen LogP contribution in [0.2, 0.25) is 0 Å². The zero-order chi connectivity index (χ0) is 13.8. The van der Waals surface area contributed by atoms with E-state index in [4.69, 9.17) is 0 Å². The van der Waals surface area contributed by atoms with Crippen LogP contribution in [0.1, 0.15) is 63.4 Å². The number of fused-ring (bicyclic) bond motifs is 1. The molecule has 0 aliphatic carbocycles. The van der Waals surface area contributed by atoms with E-state index in [0.29, 0.717) is 0 Å². The third kappa shape index (κ3) is 3.09. The van der Waals surface area contributed by atoms with Crippen LogP contribution in [0.15, 0.2) is 30.3 Å². The highest BCUT2D eigenvalue weighted by Gasteiger charge is 2.38. The fraction of sp³-hybridized carbons (Fsp3) is 0.684. The molecule has 2 aliphatic heterocycles. The number of benzene rings is 1. The van der Waals surface area contributed by atoms with E-state index in [1.165, 1.54) is 58.0 Å². The molecule has 1 aromatic carbocycles. The van der Waals surface area contributed by atoms with Crippen molar-refractivity contribution in [2.75, 3.05) is 13.1 Å². The van der Waals surface area contributed by atoms with Gasteiger partial charge in [0.2, 0.25) is 0 Å². The summed E-state index contributed by atoms with van der Waals surface area (Å²) in [6.07, 6.45) is 9.89. The zero-order valence-electron chi connectivity index (χ0n) is 12.9. The maximum Gasteiger partial charge on any atom is 0.0165 e. The van der Waals surface area contributed by atoms with Gasteiger partial charge in [-0.2, -0.15) is 0 Å². The van der Waals surface area contributed by atoms with E-state index in [1.54, 1.807) is 5.56 Å². The third-order valence-electron chi connectivity index (χ3n) is 5.40. The van der Waals surface area contributed by atoms with Crippen LogP contribution in [0.25, 0.3) is 0 Å². The second-order valence-electron chi connectivity index (χ2n) is 6.82. The van der Waals surface area contributed by atoms with E-state index in [0.717, 1.165) is 17.9 Å². The summed E-state index contributed by atoms with van der Waals surface area (Å²) in [5, 5.41) is 0. The molecule has 0 aromatic heterocycles. The summed E-state index contributed by atoms with van der Waals surface area (Å²) in [6.45, 7) is 5.03. The van der Waals surface area contributed by atoms with Gasteiger partial charge in [0.1, 0.15) is 0 Å². The van der Waals surface area contributed by atoms with Crippen LogP contribution in [0.5, 0.6) is 0 Å². The molecular formula is C19H29N. The lowest BCUT2D eigenvalue weighted by Crippen LogP contribution is -2.43. The van der Waals surface area contributed by atoms with E-state index < -0.39 is 0 Å². The number of unbranched alkanes of at least 4 members (excludes halogenated alkanes) is 2. The molecule has 3 rings (SSSR count). The minimum absolute atomic E-state index is 0.791. The van der Waals surface area contributed by atoms with Gasteiger partial charge in [0.25, 0.3) is 0 Å². The minimum atomic E-state index is 0.791. The Morgan fingerprint density at radius 2 is 2.00 bits per heavy atom. The molecule has 0 amide bonds. The van der Waals surface area contributed by atoms with Gasteiger partial charge in [-0.05, 0) is 49.6 Å². The molecule has 2 heterocycles. The van der Waals surface area contributed by atoms with Crippen molar-refractivity contribution in [1.82, 2.24) is 4.90 Å². The molecule has 0 radical (unpaired) electrons. The highest BCUT2D eigenvalue weighted by atomic mass is 15.2. The Hall–Kier alpha value is -0.820. The Kier molecular flexibility index (Phi) is 4.77. The quantitative estimate of drug-likeness (QED) is 0.693. The third-order valence-corrected chi connectivity index (χ3v) is 5.40. The van der Waals surface area contributed by atoms with E-state index in [2.05, 4.69) is 42.2 Å². The summed E-state index contributed by atoms with van der Waals surface area (Å²) in [5.74, 6) is 1.72. The van der Waals surface area contributed by atoms with Gasteiger partial charge in [0.15, 0.2) is 0 Å². The molecule has 3 unspecified atom stereocenters. The van der Waals surface area contributed by atoms with Crippen LogP contribution in [-0.4, -0.2) is 24.0 Å². The van der Waals surface area contributed by atoms with E-state index in [9.17, 15) is 0 Å². The molecule has 2 saturated heterocycles. The normalized spacial score (nSPS) is 30.4. The van der Waals surface area contributed by atoms with Crippen LogP contribution in [0, 0.1) is 5.92 Å². The number of nitrogens with zero attached hydrogens (tertiary/aromatic N) is 1. The summed E-state index contributed by atoms with van der Waals surface area (Å²) in [7, 11) is 0. The molecule has 0 bridgehead atoms. The van der Waals surface area contributed by atoms with Gasteiger partial charge >= 0.3 is 0 Å². The Labute approximate surface area is 124 Å². The van der Waals surface area contributed by atoms with Crippen molar-refractivity contribution in [3.05, 3.63) is 35.9 Å². The SMILES string of the molecule is CCCCCC1CC(c2ccccc2)C2CCCN2C1. The van der Waals surface area contributed by atoms with Crippen molar-refractivity contribution in [3.63, 3.8) is 0 Å². The van der Waals surface area contributed by atoms with Gasteiger partial charge in [-0.25, -0.2) is 0 Å². The molecule has 2 fully saturated rings. The van der Waals surface area contributed by atoms with Gasteiger partial charge in [-0.3, -0.25) is 4.90 Å². The fourth-order valence-corrected chi connectivity index (χ4v) is 4.41. The average molecular weight is 271 g/mol. The molecule has 3 atom stereocenters. The summed E-state index contributed by atoms with van der Waals surface area (Å²) in [5.41, 5.74) is 1.59. The lowest BCUT2D eigenvalue weighted by atomic mass is 9.77. The topological polar surface area (TPSA) is 3.24 Å². The van der Waals surface area contributed by atoms with Gasteiger partial charge in [0.05, 0.1) is 0 Å². The second kappa shape index (κ2) is 6.76. The van der Waals surface area contributed by atoms with Crippen molar-refractivity contribution in [2.24, 2.45) is 5.92 Å². The lowest BCUT2D eigenvalue weighted by Gasteiger charge is -2.41. The fourth-order valence-electron chi connectivity index (χ4n) is 4.41. The van der Waals surface area contributed by atoms with Crippen LogP contribution in [0.3, 0.4) is 0 Å². The predicted octanol–water partition coefficient (Wildman–Crippen LogP) is 4.83. The van der Waals surface area contributed by atoms with Crippen molar-refractivity contribution < 1.29 is 0 Å². The summed E-state index contributed by atoms with van der Waals surface area (Å²) < 4.78 is 0. The second-order valence-corrected chi connectivity index (χ2v) is 6.82. The minimum Gasteiger partial charge on any atom is -0.300 e. The van der Waals surface area contributed by atoms with E-state index in [1.807, 2.05) is 0 Å². The summed E-state index contributed by atoms with van der Waals surface area (Å²) >= 11 is 0. The number of hydrogen-bond acceptors (Lipinski definition) is 1. The zero-order valence-corrected chi connectivity index (χ0v) is 12.9. The number of rotatable bonds is 5. The Balaban J connectivity index is 1.70. The Bertz CT molecular complexity index is 399. The van der Waals surface area contributed by atoms with Crippen LogP contribution in [0.4, 0.5) is 0 Å². The molecule has 1 heteroatoms. The van der Waals surface area contributed by atoms with Gasteiger partial charge in [-0.15, -0.1) is 0 Å². The van der Waals surface area contributed by atoms with Crippen molar-refractivity contribution in [3.8, 4) is 0 Å². The van der Waals surface area contributed by atoms with Crippen LogP contribution >= 0.6 is 0 Å². The molecule has 2 aliphatic rings. The smallest absolute Gasteiger partial charge is 0.0165 e. The van der Waals surface area contributed by atoms with E-state index >= 15 is 0 Å². The molecule has 0 N–H and O–H groups in total. The van der Waals surface area contributed by atoms with E-state index in [-0.39, 0.29) is 0 Å². The first-order valence-electron chi connectivity index (χ1n) is 8.67. The van der Waals surface area contributed by atoms with Gasteiger partial charge in [-0.1, -0.05) is 56.5 Å². The average Bonchev–Trinajstić information content (AvgIpc) is 2.96. The standard InChI is InChI=1S/C19H29N/c1-2-3-5-9-16-14-18(17-10-6-4-7-11-17)19-12-8-13-20(19)15-16/h4,6-7,10-11,16,18-19H,2-3,5,8-9,12-15H2,1H3. The number of hydrogen-bond donors (Lipinski definition) is 0. The first-order valence-corrected chi connectivity index (χ1v) is 8.67. The van der Waals surface area contributed by atoms with Crippen molar-refractivity contribution >= 4 is 0 Å². The molecule has 110 valence electrons. The molecule has 0 saturated carbocycles. The number of piperidine rings is 1. The molecular weight excluding hydrogens is 242 g/mol. The van der Waals surface area contributed by atoms with Crippen LogP contribution in [-0.2, 0) is 0 Å². The lowest BCUT2D eigenvalue weighted by molar-refractivity contribution is 0.118. The summed E-state index contributed by atoms with van der Waals surface area (Å²) in [4.78, 5) is 2.80. The monoisotopic (exact) mass is 271 g/mol. The van der Waals surface area contributed by atoms with Gasteiger partial charge in [0, 0.05) is 12.6 Å². The molecule has 20 heavy (non-hydrogen) atoms. The first kappa shape index (κ1) is 14.1. The largest absolute Gasteiger partial charge is 0.300 e. The summed E-state index contributed by atoms with van der Waals surface area (Å²) in [6, 6.07) is 12.1. The highest BCUT2D eigenvalue weighted by Crippen LogP contribution is 2.41. The molecule has 1 nitrogen and oxygen atoms in total. The maximum absolute atomic E-state index is 2.80. The first-order chi connectivity index (χ1) is 9.88. The molecule has 0 spiro atoms. The molecule has 1 aromatic rings. The Morgan fingerprint density at radius 1 is 1.15 bits per heavy atom. The highest BCUT2D eigenvalue weighted by molar-refractivity contribution is 5.23. The van der Waals surface area contributed by atoms with Gasteiger partial charge < -0.3 is 0 Å². The Morgan fingerprint density at radius 3 is 2.80 bits per heavy atom. The van der Waals surface area contributed by atoms with Crippen molar-refractivity contribution in [1.29, 1.82) is 0 Å².